The van der Waals surface area contributed by atoms with Gasteiger partial charge in [-0.05, 0) is 49.4 Å². The zero-order valence-electron chi connectivity index (χ0n) is 9.62. The van der Waals surface area contributed by atoms with Crippen LogP contribution in [0.1, 0.15) is 24.5 Å². The Balaban J connectivity index is 2.34. The Bertz CT molecular complexity index is 449. The molecule has 0 saturated heterocycles. The minimum Gasteiger partial charge on any atom is -0.497 e. The molecule has 16 heavy (non-hydrogen) atoms. The third-order valence-electron chi connectivity index (χ3n) is 3.23. The van der Waals surface area contributed by atoms with Crippen LogP contribution in [0.25, 0.3) is 0 Å². The molecule has 3 heteroatoms. The van der Waals surface area contributed by atoms with Crippen LogP contribution in [-0.2, 0) is 17.6 Å². The van der Waals surface area contributed by atoms with Gasteiger partial charge in [0.2, 0.25) is 6.08 Å². The van der Waals surface area contributed by atoms with Gasteiger partial charge in [0, 0.05) is 0 Å². The SMILES string of the molecule is COc1ccc2c(c1)CC(C)(N=C=O)CC2. The summed E-state index contributed by atoms with van der Waals surface area (Å²) in [6.45, 7) is 2.00. The molecule has 0 aromatic heterocycles. The van der Waals surface area contributed by atoms with E-state index >= 15 is 0 Å². The van der Waals surface area contributed by atoms with Gasteiger partial charge in [-0.25, -0.2) is 4.79 Å². The molecular formula is C13H15NO2. The van der Waals surface area contributed by atoms with Gasteiger partial charge in [-0.3, -0.25) is 0 Å². The van der Waals surface area contributed by atoms with Crippen molar-refractivity contribution < 1.29 is 9.53 Å². The Morgan fingerprint density at radius 1 is 1.44 bits per heavy atom. The fourth-order valence-corrected chi connectivity index (χ4v) is 2.25. The second kappa shape index (κ2) is 4.11. The van der Waals surface area contributed by atoms with E-state index < -0.39 is 0 Å². The van der Waals surface area contributed by atoms with Gasteiger partial charge in [0.15, 0.2) is 0 Å². The molecular weight excluding hydrogens is 202 g/mol. The van der Waals surface area contributed by atoms with Crippen molar-refractivity contribution in [3.8, 4) is 5.75 Å². The van der Waals surface area contributed by atoms with Crippen molar-refractivity contribution in [2.45, 2.75) is 31.7 Å². The maximum absolute atomic E-state index is 10.4. The summed E-state index contributed by atoms with van der Waals surface area (Å²) < 4.78 is 5.20. The summed E-state index contributed by atoms with van der Waals surface area (Å²) in [6.07, 6.45) is 4.33. The van der Waals surface area contributed by atoms with Crippen molar-refractivity contribution in [1.82, 2.24) is 0 Å². The average molecular weight is 217 g/mol. The first-order valence-electron chi connectivity index (χ1n) is 5.42. The molecule has 0 bridgehead atoms. The van der Waals surface area contributed by atoms with Crippen LogP contribution in [0.3, 0.4) is 0 Å². The molecule has 0 spiro atoms. The van der Waals surface area contributed by atoms with Gasteiger partial charge in [0.25, 0.3) is 0 Å². The molecule has 0 radical (unpaired) electrons. The number of rotatable bonds is 2. The van der Waals surface area contributed by atoms with Crippen LogP contribution in [0.4, 0.5) is 0 Å². The number of carbonyl (C=O) groups excluding carboxylic acids is 1. The Labute approximate surface area is 95.2 Å². The van der Waals surface area contributed by atoms with Gasteiger partial charge in [-0.15, -0.1) is 0 Å². The van der Waals surface area contributed by atoms with Crippen molar-refractivity contribution >= 4 is 6.08 Å². The molecule has 0 aliphatic heterocycles. The highest BCUT2D eigenvalue weighted by Gasteiger charge is 2.29. The summed E-state index contributed by atoms with van der Waals surface area (Å²) in [5.74, 6) is 0.859. The number of isocyanates is 1. The van der Waals surface area contributed by atoms with Crippen molar-refractivity contribution in [2.75, 3.05) is 7.11 Å². The summed E-state index contributed by atoms with van der Waals surface area (Å²) in [6, 6.07) is 6.11. The maximum atomic E-state index is 10.4. The molecule has 1 unspecified atom stereocenters. The van der Waals surface area contributed by atoms with Crippen LogP contribution in [-0.4, -0.2) is 18.7 Å². The van der Waals surface area contributed by atoms with Crippen LogP contribution in [0.2, 0.25) is 0 Å². The minimum absolute atomic E-state index is 0.291. The predicted molar refractivity (Wildman–Crippen MR) is 61.5 cm³/mol. The Morgan fingerprint density at radius 2 is 2.25 bits per heavy atom. The number of aryl methyl sites for hydroxylation is 1. The molecule has 0 N–H and O–H groups in total. The Kier molecular flexibility index (Phi) is 2.80. The number of fused-ring (bicyclic) bond motifs is 1. The predicted octanol–water partition coefficient (Wildman–Crippen LogP) is 2.28. The van der Waals surface area contributed by atoms with E-state index in [9.17, 15) is 4.79 Å². The molecule has 0 saturated carbocycles. The smallest absolute Gasteiger partial charge is 0.235 e. The number of methoxy groups -OCH3 is 1. The summed E-state index contributed by atoms with van der Waals surface area (Å²) in [5.41, 5.74) is 2.27. The summed E-state index contributed by atoms with van der Waals surface area (Å²) in [7, 11) is 1.66. The molecule has 0 amide bonds. The normalized spacial score (nSPS) is 23.1. The highest BCUT2D eigenvalue weighted by molar-refractivity contribution is 5.41. The first kappa shape index (κ1) is 10.9. The molecule has 1 aromatic rings. The highest BCUT2D eigenvalue weighted by atomic mass is 16.5. The largest absolute Gasteiger partial charge is 0.497 e. The van der Waals surface area contributed by atoms with Crippen molar-refractivity contribution in [1.29, 1.82) is 0 Å². The molecule has 0 heterocycles. The zero-order valence-corrected chi connectivity index (χ0v) is 9.62. The lowest BCUT2D eigenvalue weighted by molar-refractivity contribution is 0.397. The molecule has 84 valence electrons. The third-order valence-corrected chi connectivity index (χ3v) is 3.23. The van der Waals surface area contributed by atoms with E-state index in [1.54, 1.807) is 13.2 Å². The fraction of sp³-hybridized carbons (Fsp3) is 0.462. The van der Waals surface area contributed by atoms with Gasteiger partial charge < -0.3 is 4.74 Å². The van der Waals surface area contributed by atoms with Crippen molar-refractivity contribution in [3.63, 3.8) is 0 Å². The number of nitrogens with zero attached hydrogens (tertiary/aromatic N) is 1. The van der Waals surface area contributed by atoms with Gasteiger partial charge in [0.1, 0.15) is 5.75 Å². The van der Waals surface area contributed by atoms with E-state index in [1.807, 2.05) is 19.1 Å². The van der Waals surface area contributed by atoms with E-state index in [-0.39, 0.29) is 5.54 Å². The number of hydrogen-bond donors (Lipinski definition) is 0. The number of benzene rings is 1. The molecule has 1 aliphatic rings. The molecule has 0 fully saturated rings. The second-order valence-corrected chi connectivity index (χ2v) is 4.51. The lowest BCUT2D eigenvalue weighted by atomic mass is 9.79. The Hall–Kier alpha value is -1.60. The quantitative estimate of drug-likeness (QED) is 0.563. The van der Waals surface area contributed by atoms with Gasteiger partial charge in [-0.2, -0.15) is 4.99 Å². The molecule has 1 aliphatic carbocycles. The van der Waals surface area contributed by atoms with Crippen LogP contribution in [0.5, 0.6) is 5.75 Å². The first-order valence-corrected chi connectivity index (χ1v) is 5.42. The molecule has 2 rings (SSSR count). The number of aliphatic imine (C=N–C) groups is 1. The van der Waals surface area contributed by atoms with Crippen LogP contribution < -0.4 is 4.74 Å². The lowest BCUT2D eigenvalue weighted by Gasteiger charge is -2.30. The first-order chi connectivity index (χ1) is 7.67. The van der Waals surface area contributed by atoms with E-state index in [1.165, 1.54) is 11.1 Å². The van der Waals surface area contributed by atoms with E-state index in [0.717, 1.165) is 25.0 Å². The third kappa shape index (κ3) is 2.00. The van der Waals surface area contributed by atoms with Gasteiger partial charge >= 0.3 is 0 Å². The van der Waals surface area contributed by atoms with Gasteiger partial charge in [-0.1, -0.05) is 6.07 Å². The topological polar surface area (TPSA) is 38.7 Å². The monoisotopic (exact) mass is 217 g/mol. The summed E-state index contributed by atoms with van der Waals surface area (Å²) in [5, 5.41) is 0. The van der Waals surface area contributed by atoms with E-state index in [4.69, 9.17) is 4.74 Å². The molecule has 1 aromatic carbocycles. The maximum Gasteiger partial charge on any atom is 0.235 e. The van der Waals surface area contributed by atoms with Gasteiger partial charge in [0.05, 0.1) is 12.6 Å². The fourth-order valence-electron chi connectivity index (χ4n) is 2.25. The number of hydrogen-bond acceptors (Lipinski definition) is 3. The average Bonchev–Trinajstić information content (AvgIpc) is 2.28. The van der Waals surface area contributed by atoms with Crippen molar-refractivity contribution in [2.24, 2.45) is 4.99 Å². The highest BCUT2D eigenvalue weighted by Crippen LogP contribution is 2.32. The van der Waals surface area contributed by atoms with Crippen LogP contribution in [0, 0.1) is 0 Å². The molecule has 1 atom stereocenters. The molecule has 3 nitrogen and oxygen atoms in total. The summed E-state index contributed by atoms with van der Waals surface area (Å²) in [4.78, 5) is 14.3. The van der Waals surface area contributed by atoms with Crippen LogP contribution >= 0.6 is 0 Å². The van der Waals surface area contributed by atoms with Crippen molar-refractivity contribution in [3.05, 3.63) is 29.3 Å². The van der Waals surface area contributed by atoms with E-state index in [0.29, 0.717) is 0 Å². The standard InChI is InChI=1S/C13H15NO2/c1-13(14-9-15)6-5-10-3-4-12(16-2)7-11(10)8-13/h3-4,7H,5-6,8H2,1-2H3. The lowest BCUT2D eigenvalue weighted by Crippen LogP contribution is -2.30. The zero-order chi connectivity index (χ0) is 11.6. The number of ether oxygens (including phenoxy) is 1. The summed E-state index contributed by atoms with van der Waals surface area (Å²) >= 11 is 0. The second-order valence-electron chi connectivity index (χ2n) is 4.51. The Morgan fingerprint density at radius 3 is 2.94 bits per heavy atom. The minimum atomic E-state index is -0.291. The van der Waals surface area contributed by atoms with Crippen LogP contribution in [0.15, 0.2) is 23.2 Å². The van der Waals surface area contributed by atoms with E-state index in [2.05, 4.69) is 11.1 Å².